The Hall–Kier alpha value is -1.01. The van der Waals surface area contributed by atoms with E-state index in [9.17, 15) is 8.42 Å². The van der Waals surface area contributed by atoms with Gasteiger partial charge >= 0.3 is 0 Å². The molecule has 1 rings (SSSR count). The smallest absolute Gasteiger partial charge is 0.259 e. The number of rotatable bonds is 3. The van der Waals surface area contributed by atoms with Gasteiger partial charge in [-0.15, -0.1) is 0 Å². The van der Waals surface area contributed by atoms with E-state index in [4.69, 9.17) is 0 Å². The zero-order valence-electron chi connectivity index (χ0n) is 7.43. The SMILES string of the molecule is CC(C)NS(=O)(=O)c1cnccn1. The van der Waals surface area contributed by atoms with Crippen LogP contribution in [0.2, 0.25) is 0 Å². The lowest BCUT2D eigenvalue weighted by molar-refractivity contribution is 0.565. The lowest BCUT2D eigenvalue weighted by Crippen LogP contribution is -2.30. The first-order chi connectivity index (χ1) is 6.02. The van der Waals surface area contributed by atoms with Crippen LogP contribution in [0.25, 0.3) is 0 Å². The summed E-state index contributed by atoms with van der Waals surface area (Å²) in [7, 11) is -3.48. The Labute approximate surface area is 77.3 Å². The zero-order valence-corrected chi connectivity index (χ0v) is 8.25. The van der Waals surface area contributed by atoms with E-state index < -0.39 is 10.0 Å². The van der Waals surface area contributed by atoms with Crippen LogP contribution in [0.15, 0.2) is 23.6 Å². The number of nitrogens with one attached hydrogen (secondary N) is 1. The van der Waals surface area contributed by atoms with Crippen LogP contribution in [0, 0.1) is 0 Å². The highest BCUT2D eigenvalue weighted by atomic mass is 32.2. The van der Waals surface area contributed by atoms with E-state index in [0.29, 0.717) is 0 Å². The maximum atomic E-state index is 11.4. The molecule has 72 valence electrons. The summed E-state index contributed by atoms with van der Waals surface area (Å²) >= 11 is 0. The summed E-state index contributed by atoms with van der Waals surface area (Å²) in [6.45, 7) is 3.49. The second-order valence-corrected chi connectivity index (χ2v) is 4.48. The molecule has 1 aromatic rings. The molecular formula is C7H11N3O2S. The van der Waals surface area contributed by atoms with Gasteiger partial charge in [0.25, 0.3) is 10.0 Å². The van der Waals surface area contributed by atoms with Gasteiger partial charge in [-0.05, 0) is 13.8 Å². The second kappa shape index (κ2) is 3.80. The largest absolute Gasteiger partial charge is 0.260 e. The van der Waals surface area contributed by atoms with E-state index in [1.165, 1.54) is 18.6 Å². The molecule has 13 heavy (non-hydrogen) atoms. The molecule has 0 fully saturated rings. The van der Waals surface area contributed by atoms with E-state index in [2.05, 4.69) is 14.7 Å². The number of nitrogens with zero attached hydrogens (tertiary/aromatic N) is 2. The molecule has 0 radical (unpaired) electrons. The molecule has 1 aromatic heterocycles. The van der Waals surface area contributed by atoms with Gasteiger partial charge < -0.3 is 0 Å². The summed E-state index contributed by atoms with van der Waals surface area (Å²) in [6, 6.07) is -0.146. The van der Waals surface area contributed by atoms with E-state index in [0.717, 1.165) is 0 Å². The molecule has 0 bridgehead atoms. The van der Waals surface area contributed by atoms with Crippen LogP contribution >= 0.6 is 0 Å². The van der Waals surface area contributed by atoms with Gasteiger partial charge in [-0.2, -0.15) is 0 Å². The van der Waals surface area contributed by atoms with Gasteiger partial charge in [0.1, 0.15) is 0 Å². The van der Waals surface area contributed by atoms with Crippen molar-refractivity contribution >= 4 is 10.0 Å². The Morgan fingerprint density at radius 2 is 2.08 bits per heavy atom. The minimum atomic E-state index is -3.48. The average Bonchev–Trinajstić information content (AvgIpc) is 2.04. The van der Waals surface area contributed by atoms with Crippen LogP contribution in [-0.2, 0) is 10.0 Å². The molecule has 0 aromatic carbocycles. The maximum absolute atomic E-state index is 11.4. The standard InChI is InChI=1S/C7H11N3O2S/c1-6(2)10-13(11,12)7-5-8-3-4-9-7/h3-6,10H,1-2H3. The first-order valence-corrected chi connectivity index (χ1v) is 5.29. The Balaban J connectivity index is 2.96. The predicted octanol–water partition coefficient (Wildman–Crippen LogP) is 0.163. The van der Waals surface area contributed by atoms with Gasteiger partial charge in [-0.3, -0.25) is 4.98 Å². The third kappa shape index (κ3) is 2.74. The number of aromatic nitrogens is 2. The van der Waals surface area contributed by atoms with Crippen LogP contribution in [0.5, 0.6) is 0 Å². The second-order valence-electron chi connectivity index (χ2n) is 2.82. The van der Waals surface area contributed by atoms with Gasteiger partial charge in [0, 0.05) is 18.4 Å². The summed E-state index contributed by atoms with van der Waals surface area (Å²) in [6.07, 6.45) is 3.98. The van der Waals surface area contributed by atoms with Crippen LogP contribution in [0.4, 0.5) is 0 Å². The minimum Gasteiger partial charge on any atom is -0.260 e. The van der Waals surface area contributed by atoms with Crippen molar-refractivity contribution in [2.24, 2.45) is 0 Å². The summed E-state index contributed by atoms with van der Waals surface area (Å²) in [5.74, 6) is 0. The van der Waals surface area contributed by atoms with Crippen molar-refractivity contribution in [2.45, 2.75) is 24.9 Å². The number of sulfonamides is 1. The van der Waals surface area contributed by atoms with Crippen molar-refractivity contribution in [3.05, 3.63) is 18.6 Å². The van der Waals surface area contributed by atoms with Crippen molar-refractivity contribution in [1.82, 2.24) is 14.7 Å². The van der Waals surface area contributed by atoms with Crippen molar-refractivity contribution in [3.8, 4) is 0 Å². The molecule has 0 amide bonds. The molecule has 6 heteroatoms. The highest BCUT2D eigenvalue weighted by Gasteiger charge is 2.16. The quantitative estimate of drug-likeness (QED) is 0.756. The van der Waals surface area contributed by atoms with Gasteiger partial charge in [-0.1, -0.05) is 0 Å². The first-order valence-electron chi connectivity index (χ1n) is 3.81. The summed E-state index contributed by atoms with van der Waals surface area (Å²) < 4.78 is 25.3. The molecule has 0 spiro atoms. The Bertz CT molecular complexity index is 361. The van der Waals surface area contributed by atoms with Crippen molar-refractivity contribution in [3.63, 3.8) is 0 Å². The monoisotopic (exact) mass is 201 g/mol. The van der Waals surface area contributed by atoms with Crippen LogP contribution in [0.3, 0.4) is 0 Å². The van der Waals surface area contributed by atoms with E-state index in [1.54, 1.807) is 13.8 Å². The molecule has 0 saturated heterocycles. The van der Waals surface area contributed by atoms with Gasteiger partial charge in [0.2, 0.25) is 0 Å². The molecule has 1 N–H and O–H groups in total. The fourth-order valence-electron chi connectivity index (χ4n) is 0.795. The predicted molar refractivity (Wildman–Crippen MR) is 47.5 cm³/mol. The van der Waals surface area contributed by atoms with Gasteiger partial charge in [-0.25, -0.2) is 18.1 Å². The van der Waals surface area contributed by atoms with Crippen LogP contribution < -0.4 is 4.72 Å². The van der Waals surface area contributed by atoms with E-state index in [-0.39, 0.29) is 11.1 Å². The highest BCUT2D eigenvalue weighted by Crippen LogP contribution is 2.01. The van der Waals surface area contributed by atoms with Crippen molar-refractivity contribution < 1.29 is 8.42 Å². The van der Waals surface area contributed by atoms with E-state index >= 15 is 0 Å². The Morgan fingerprint density at radius 1 is 1.38 bits per heavy atom. The van der Waals surface area contributed by atoms with Gasteiger partial charge in [0.05, 0.1) is 6.20 Å². The third-order valence-electron chi connectivity index (χ3n) is 1.21. The van der Waals surface area contributed by atoms with E-state index in [1.807, 2.05) is 0 Å². The van der Waals surface area contributed by atoms with Gasteiger partial charge in [0.15, 0.2) is 5.03 Å². The Morgan fingerprint density at radius 3 is 2.54 bits per heavy atom. The summed E-state index contributed by atoms with van der Waals surface area (Å²) in [5.41, 5.74) is 0. The van der Waals surface area contributed by atoms with Crippen molar-refractivity contribution in [2.75, 3.05) is 0 Å². The molecule has 0 aliphatic heterocycles. The summed E-state index contributed by atoms with van der Waals surface area (Å²) in [5, 5.41) is -0.0521. The Kier molecular flexibility index (Phi) is 2.94. The normalized spacial score (nSPS) is 11.9. The molecule has 0 atom stereocenters. The first kappa shape index (κ1) is 10.1. The average molecular weight is 201 g/mol. The highest BCUT2D eigenvalue weighted by molar-refractivity contribution is 7.89. The molecule has 0 aliphatic carbocycles. The topological polar surface area (TPSA) is 72.0 Å². The zero-order chi connectivity index (χ0) is 9.90. The lowest BCUT2D eigenvalue weighted by atomic mass is 10.4. The molecule has 0 saturated carbocycles. The van der Waals surface area contributed by atoms with Crippen LogP contribution in [-0.4, -0.2) is 24.4 Å². The number of hydrogen-bond acceptors (Lipinski definition) is 4. The lowest BCUT2D eigenvalue weighted by Gasteiger charge is -2.07. The van der Waals surface area contributed by atoms with Crippen molar-refractivity contribution in [1.29, 1.82) is 0 Å². The molecule has 1 heterocycles. The molecular weight excluding hydrogens is 190 g/mol. The summed E-state index contributed by atoms with van der Waals surface area (Å²) in [4.78, 5) is 7.37. The number of hydrogen-bond donors (Lipinski definition) is 1. The fraction of sp³-hybridized carbons (Fsp3) is 0.429. The molecule has 5 nitrogen and oxygen atoms in total. The maximum Gasteiger partial charge on any atom is 0.259 e. The van der Waals surface area contributed by atoms with Crippen LogP contribution in [0.1, 0.15) is 13.8 Å². The molecule has 0 unspecified atom stereocenters. The third-order valence-corrected chi connectivity index (χ3v) is 2.75. The molecule has 0 aliphatic rings. The minimum absolute atomic E-state index is 0.0521. The fourth-order valence-corrected chi connectivity index (χ4v) is 1.94.